The van der Waals surface area contributed by atoms with E-state index in [1.807, 2.05) is 0 Å². The van der Waals surface area contributed by atoms with Gasteiger partial charge in [-0.15, -0.1) is 11.6 Å². The predicted molar refractivity (Wildman–Crippen MR) is 61.9 cm³/mol. The molecule has 0 radical (unpaired) electrons. The van der Waals surface area contributed by atoms with Crippen molar-refractivity contribution >= 4 is 11.6 Å². The summed E-state index contributed by atoms with van der Waals surface area (Å²) in [6.45, 7) is 1.17. The Labute approximate surface area is 92.6 Å². The fraction of sp³-hybridized carbons (Fsp3) is 1.00. The van der Waals surface area contributed by atoms with E-state index in [0.29, 0.717) is 5.38 Å². The topological polar surface area (TPSA) is 12.0 Å². The normalized spacial score (nSPS) is 34.9. The highest BCUT2D eigenvalue weighted by Crippen LogP contribution is 2.30. The van der Waals surface area contributed by atoms with Crippen LogP contribution < -0.4 is 5.32 Å². The molecule has 2 heteroatoms. The number of alkyl halides is 1. The first-order valence-electron chi connectivity index (χ1n) is 6.24. The lowest BCUT2D eigenvalue weighted by Crippen LogP contribution is -2.35. The summed E-state index contributed by atoms with van der Waals surface area (Å²) < 4.78 is 0. The summed E-state index contributed by atoms with van der Waals surface area (Å²) in [4.78, 5) is 0. The molecule has 0 aromatic heterocycles. The smallest absolute Gasteiger partial charge is 0.0376 e. The van der Waals surface area contributed by atoms with Crippen molar-refractivity contribution in [3.05, 3.63) is 0 Å². The highest BCUT2D eigenvalue weighted by Gasteiger charge is 2.25. The number of rotatable bonds is 3. The van der Waals surface area contributed by atoms with Crippen LogP contribution >= 0.6 is 11.6 Å². The van der Waals surface area contributed by atoms with Gasteiger partial charge in [0.25, 0.3) is 0 Å². The van der Waals surface area contributed by atoms with Crippen LogP contribution in [0.25, 0.3) is 0 Å². The van der Waals surface area contributed by atoms with Crippen molar-refractivity contribution in [2.45, 2.75) is 62.8 Å². The molecule has 1 nitrogen and oxygen atoms in total. The van der Waals surface area contributed by atoms with Crippen LogP contribution in [-0.4, -0.2) is 18.0 Å². The predicted octanol–water partition coefficient (Wildman–Crippen LogP) is 3.32. The molecule has 0 spiro atoms. The molecular formula is C12H22ClN. The minimum atomic E-state index is 0.450. The Bertz CT molecular complexity index is 166. The Morgan fingerprint density at radius 2 is 1.71 bits per heavy atom. The van der Waals surface area contributed by atoms with Crippen LogP contribution in [0.3, 0.4) is 0 Å². The van der Waals surface area contributed by atoms with Gasteiger partial charge in [-0.3, -0.25) is 0 Å². The van der Waals surface area contributed by atoms with Crippen molar-refractivity contribution in [3.63, 3.8) is 0 Å². The number of hydrogen-bond donors (Lipinski definition) is 1. The molecule has 14 heavy (non-hydrogen) atoms. The number of nitrogens with one attached hydrogen (secondary N) is 1. The third-order valence-electron chi connectivity index (χ3n) is 3.84. The molecule has 0 aromatic rings. The summed E-state index contributed by atoms with van der Waals surface area (Å²) >= 11 is 6.26. The summed E-state index contributed by atoms with van der Waals surface area (Å²) in [5.74, 6) is 0.749. The molecule has 0 amide bonds. The number of halogens is 1. The highest BCUT2D eigenvalue weighted by atomic mass is 35.5. The Balaban J connectivity index is 1.65. The lowest BCUT2D eigenvalue weighted by Gasteiger charge is -2.25. The van der Waals surface area contributed by atoms with E-state index in [1.54, 1.807) is 0 Å². The standard InChI is InChI=1S/C12H22ClN/c13-12-8-4-5-10(12)9-14-11-6-2-1-3-7-11/h10-12,14H,1-9H2. The monoisotopic (exact) mass is 215 g/mol. The summed E-state index contributed by atoms with van der Waals surface area (Å²) in [6.07, 6.45) is 11.0. The van der Waals surface area contributed by atoms with Gasteiger partial charge < -0.3 is 5.32 Å². The molecule has 2 aliphatic carbocycles. The van der Waals surface area contributed by atoms with Gasteiger partial charge in [-0.1, -0.05) is 25.7 Å². The molecule has 0 bridgehead atoms. The van der Waals surface area contributed by atoms with Crippen molar-refractivity contribution in [3.8, 4) is 0 Å². The van der Waals surface area contributed by atoms with Crippen LogP contribution in [0.15, 0.2) is 0 Å². The zero-order valence-corrected chi connectivity index (χ0v) is 9.73. The van der Waals surface area contributed by atoms with E-state index in [0.717, 1.165) is 12.0 Å². The van der Waals surface area contributed by atoms with E-state index >= 15 is 0 Å². The molecule has 0 aromatic carbocycles. The molecule has 82 valence electrons. The van der Waals surface area contributed by atoms with Crippen molar-refractivity contribution < 1.29 is 0 Å². The van der Waals surface area contributed by atoms with E-state index < -0.39 is 0 Å². The zero-order chi connectivity index (χ0) is 9.80. The second kappa shape index (κ2) is 5.37. The van der Waals surface area contributed by atoms with Crippen LogP contribution in [-0.2, 0) is 0 Å². The van der Waals surface area contributed by atoms with E-state index in [4.69, 9.17) is 11.6 Å². The molecular weight excluding hydrogens is 194 g/mol. The molecule has 1 N–H and O–H groups in total. The SMILES string of the molecule is ClC1CCCC1CNC1CCCCC1. The van der Waals surface area contributed by atoms with Gasteiger partial charge in [-0.25, -0.2) is 0 Å². The van der Waals surface area contributed by atoms with Gasteiger partial charge in [0, 0.05) is 11.4 Å². The first kappa shape index (κ1) is 10.8. The van der Waals surface area contributed by atoms with Crippen molar-refractivity contribution in [2.75, 3.05) is 6.54 Å². The van der Waals surface area contributed by atoms with Gasteiger partial charge in [0.15, 0.2) is 0 Å². The molecule has 0 saturated heterocycles. The first-order valence-corrected chi connectivity index (χ1v) is 6.67. The summed E-state index contributed by atoms with van der Waals surface area (Å²) in [5.41, 5.74) is 0. The third-order valence-corrected chi connectivity index (χ3v) is 4.41. The molecule has 0 heterocycles. The van der Waals surface area contributed by atoms with E-state index in [9.17, 15) is 0 Å². The highest BCUT2D eigenvalue weighted by molar-refractivity contribution is 6.20. The van der Waals surface area contributed by atoms with Gasteiger partial charge in [0.1, 0.15) is 0 Å². The second-order valence-corrected chi connectivity index (χ2v) is 5.51. The first-order chi connectivity index (χ1) is 6.86. The second-order valence-electron chi connectivity index (χ2n) is 4.95. The van der Waals surface area contributed by atoms with Crippen molar-refractivity contribution in [1.82, 2.24) is 5.32 Å². The third kappa shape index (κ3) is 2.87. The minimum absolute atomic E-state index is 0.450. The van der Waals surface area contributed by atoms with Crippen LogP contribution in [0.5, 0.6) is 0 Å². The average molecular weight is 216 g/mol. The van der Waals surface area contributed by atoms with Gasteiger partial charge in [0.2, 0.25) is 0 Å². The number of hydrogen-bond acceptors (Lipinski definition) is 1. The molecule has 2 fully saturated rings. The Morgan fingerprint density at radius 1 is 0.929 bits per heavy atom. The van der Waals surface area contributed by atoms with Crippen LogP contribution in [0.4, 0.5) is 0 Å². The summed E-state index contributed by atoms with van der Waals surface area (Å²) in [5, 5.41) is 4.16. The van der Waals surface area contributed by atoms with Gasteiger partial charge in [-0.05, 0) is 38.1 Å². The minimum Gasteiger partial charge on any atom is -0.314 e. The fourth-order valence-electron chi connectivity index (χ4n) is 2.85. The molecule has 2 rings (SSSR count). The van der Waals surface area contributed by atoms with E-state index in [-0.39, 0.29) is 0 Å². The van der Waals surface area contributed by atoms with E-state index in [1.165, 1.54) is 57.9 Å². The van der Waals surface area contributed by atoms with Gasteiger partial charge >= 0.3 is 0 Å². The zero-order valence-electron chi connectivity index (χ0n) is 8.97. The molecule has 2 aliphatic rings. The van der Waals surface area contributed by atoms with Crippen LogP contribution in [0.1, 0.15) is 51.4 Å². The molecule has 2 unspecified atom stereocenters. The van der Waals surface area contributed by atoms with Gasteiger partial charge in [0.05, 0.1) is 0 Å². The van der Waals surface area contributed by atoms with Crippen LogP contribution in [0, 0.1) is 5.92 Å². The quantitative estimate of drug-likeness (QED) is 0.713. The van der Waals surface area contributed by atoms with Crippen molar-refractivity contribution in [1.29, 1.82) is 0 Å². The Hall–Kier alpha value is 0.250. The maximum absolute atomic E-state index is 6.26. The molecule has 2 atom stereocenters. The largest absolute Gasteiger partial charge is 0.314 e. The van der Waals surface area contributed by atoms with Crippen molar-refractivity contribution in [2.24, 2.45) is 5.92 Å². The lowest BCUT2D eigenvalue weighted by atomic mass is 9.95. The fourth-order valence-corrected chi connectivity index (χ4v) is 3.22. The molecule has 0 aliphatic heterocycles. The maximum Gasteiger partial charge on any atom is 0.0376 e. The Kier molecular flexibility index (Phi) is 4.12. The lowest BCUT2D eigenvalue weighted by molar-refractivity contribution is 0.348. The van der Waals surface area contributed by atoms with Gasteiger partial charge in [-0.2, -0.15) is 0 Å². The van der Waals surface area contributed by atoms with E-state index in [2.05, 4.69) is 5.32 Å². The van der Waals surface area contributed by atoms with Crippen LogP contribution in [0.2, 0.25) is 0 Å². The average Bonchev–Trinajstić information content (AvgIpc) is 2.63. The maximum atomic E-state index is 6.26. The summed E-state index contributed by atoms with van der Waals surface area (Å²) in [7, 11) is 0. The molecule has 2 saturated carbocycles. The summed E-state index contributed by atoms with van der Waals surface area (Å²) in [6, 6.07) is 0.799. The Morgan fingerprint density at radius 3 is 2.36 bits per heavy atom.